The summed E-state index contributed by atoms with van der Waals surface area (Å²) in [4.78, 5) is 26.8. The predicted octanol–water partition coefficient (Wildman–Crippen LogP) is 5.45. The first-order valence-electron chi connectivity index (χ1n) is 10.6. The van der Waals surface area contributed by atoms with E-state index in [-0.39, 0.29) is 22.6 Å². The number of nitrogens with zero attached hydrogens (tertiary/aromatic N) is 4. The normalized spacial score (nSPS) is 14.1. The Bertz CT molecular complexity index is 1350. The second-order valence-corrected chi connectivity index (χ2v) is 8.93. The highest BCUT2D eigenvalue weighted by Gasteiger charge is 2.35. The number of rotatable bonds is 6. The molecule has 4 aromatic rings. The van der Waals surface area contributed by atoms with Gasteiger partial charge in [-0.25, -0.2) is 9.97 Å². The Balaban J connectivity index is 1.92. The van der Waals surface area contributed by atoms with Gasteiger partial charge in [-0.2, -0.15) is 4.98 Å². The summed E-state index contributed by atoms with van der Waals surface area (Å²) in [7, 11) is 0. The van der Waals surface area contributed by atoms with Crippen LogP contribution in [0.5, 0.6) is 0 Å². The molecule has 0 fully saturated rings. The molecule has 33 heavy (non-hydrogen) atoms. The van der Waals surface area contributed by atoms with Crippen LogP contribution in [0, 0.1) is 0 Å². The van der Waals surface area contributed by atoms with Gasteiger partial charge in [0.25, 0.3) is 5.56 Å². The van der Waals surface area contributed by atoms with E-state index in [2.05, 4.69) is 22.2 Å². The number of aromatic nitrogens is 4. The summed E-state index contributed by atoms with van der Waals surface area (Å²) in [5, 5.41) is 4.45. The second kappa shape index (κ2) is 9.00. The minimum Gasteiger partial charge on any atom is -0.368 e. The largest absolute Gasteiger partial charge is 0.368 e. The molecule has 0 aliphatic rings. The van der Waals surface area contributed by atoms with Gasteiger partial charge in [-0.15, -0.1) is 0 Å². The summed E-state index contributed by atoms with van der Waals surface area (Å²) in [5.41, 5.74) is 6.29. The lowest BCUT2D eigenvalue weighted by Crippen LogP contribution is -2.42. The van der Waals surface area contributed by atoms with Crippen molar-refractivity contribution in [3.05, 3.63) is 81.0 Å². The SMILES string of the molecule is CCC(C)(Nc1cc(Cl)nc(N)n1)C(C)c1nc2cccc(Cl)c2c(=O)n1-c1ccccc1. The van der Waals surface area contributed by atoms with E-state index in [9.17, 15) is 4.79 Å². The molecule has 2 aromatic heterocycles. The first-order chi connectivity index (χ1) is 15.7. The van der Waals surface area contributed by atoms with Gasteiger partial charge < -0.3 is 11.1 Å². The number of hydrogen-bond acceptors (Lipinski definition) is 6. The van der Waals surface area contributed by atoms with Gasteiger partial charge in [0.2, 0.25) is 5.95 Å². The highest BCUT2D eigenvalue weighted by Crippen LogP contribution is 2.34. The Labute approximate surface area is 201 Å². The van der Waals surface area contributed by atoms with Crippen LogP contribution in [0.25, 0.3) is 16.6 Å². The van der Waals surface area contributed by atoms with Gasteiger partial charge in [0.05, 0.1) is 21.6 Å². The van der Waals surface area contributed by atoms with Gasteiger partial charge in [-0.3, -0.25) is 9.36 Å². The van der Waals surface area contributed by atoms with Crippen molar-refractivity contribution in [1.29, 1.82) is 0 Å². The minimum absolute atomic E-state index is 0.0794. The summed E-state index contributed by atoms with van der Waals surface area (Å²) in [6, 6.07) is 16.3. The summed E-state index contributed by atoms with van der Waals surface area (Å²) in [6.07, 6.45) is 0.702. The maximum Gasteiger partial charge on any atom is 0.267 e. The summed E-state index contributed by atoms with van der Waals surface area (Å²) in [5.74, 6) is 0.955. The van der Waals surface area contributed by atoms with Gasteiger partial charge >= 0.3 is 0 Å². The maximum atomic E-state index is 13.7. The molecule has 170 valence electrons. The van der Waals surface area contributed by atoms with Crippen LogP contribution in [0.3, 0.4) is 0 Å². The number of para-hydroxylation sites is 1. The molecule has 0 saturated heterocycles. The van der Waals surface area contributed by atoms with Crippen molar-refractivity contribution >= 4 is 45.9 Å². The average Bonchev–Trinajstić information content (AvgIpc) is 2.78. The number of nitrogens with one attached hydrogen (secondary N) is 1. The fraction of sp³-hybridized carbons (Fsp3) is 0.250. The van der Waals surface area contributed by atoms with E-state index < -0.39 is 5.54 Å². The number of fused-ring (bicyclic) bond motifs is 1. The van der Waals surface area contributed by atoms with E-state index in [0.717, 1.165) is 0 Å². The molecule has 0 bridgehead atoms. The highest BCUT2D eigenvalue weighted by molar-refractivity contribution is 6.35. The minimum atomic E-state index is -0.549. The van der Waals surface area contributed by atoms with Gasteiger partial charge in [0.15, 0.2) is 0 Å². The van der Waals surface area contributed by atoms with Crippen molar-refractivity contribution in [2.75, 3.05) is 11.1 Å². The van der Waals surface area contributed by atoms with Crippen molar-refractivity contribution in [2.45, 2.75) is 38.6 Å². The predicted molar refractivity (Wildman–Crippen MR) is 135 cm³/mol. The number of benzene rings is 2. The Kier molecular flexibility index (Phi) is 6.28. The third-order valence-electron chi connectivity index (χ3n) is 6.09. The molecule has 0 radical (unpaired) electrons. The fourth-order valence-corrected chi connectivity index (χ4v) is 4.34. The van der Waals surface area contributed by atoms with Crippen molar-refractivity contribution in [3.63, 3.8) is 0 Å². The van der Waals surface area contributed by atoms with Crippen LogP contribution in [0.2, 0.25) is 10.2 Å². The molecule has 2 heterocycles. The quantitative estimate of drug-likeness (QED) is 0.354. The first-order valence-corrected chi connectivity index (χ1v) is 11.3. The Morgan fingerprint density at radius 1 is 1.09 bits per heavy atom. The van der Waals surface area contributed by atoms with Crippen LogP contribution >= 0.6 is 23.2 Å². The summed E-state index contributed by atoms with van der Waals surface area (Å²) < 4.78 is 1.63. The molecular weight excluding hydrogens is 459 g/mol. The standard InChI is InChI=1S/C24H24Cl2N6O/c1-4-24(3,31-19-13-18(26)29-23(27)30-19)14(2)21-28-17-12-8-11-16(25)20(17)22(33)32(21)15-9-6-5-7-10-15/h5-14H,4H2,1-3H3,(H3,27,29,30,31). The molecule has 4 rings (SSSR count). The molecule has 9 heteroatoms. The van der Waals surface area contributed by atoms with Crippen LogP contribution in [-0.2, 0) is 0 Å². The number of nitrogen functional groups attached to an aromatic ring is 1. The van der Waals surface area contributed by atoms with Crippen LogP contribution in [-0.4, -0.2) is 25.1 Å². The summed E-state index contributed by atoms with van der Waals surface area (Å²) in [6.45, 7) is 6.13. The molecule has 7 nitrogen and oxygen atoms in total. The van der Waals surface area contributed by atoms with E-state index in [4.69, 9.17) is 33.9 Å². The number of hydrogen-bond donors (Lipinski definition) is 2. The van der Waals surface area contributed by atoms with Gasteiger partial charge in [0, 0.05) is 17.5 Å². The van der Waals surface area contributed by atoms with Crippen LogP contribution in [0.1, 0.15) is 38.9 Å². The third kappa shape index (κ3) is 4.38. The number of nitrogens with two attached hydrogens (primary N) is 1. The van der Waals surface area contributed by atoms with Crippen molar-refractivity contribution in [3.8, 4) is 5.69 Å². The van der Waals surface area contributed by atoms with Crippen LogP contribution < -0.4 is 16.6 Å². The Morgan fingerprint density at radius 2 is 1.82 bits per heavy atom. The van der Waals surface area contributed by atoms with Crippen molar-refractivity contribution in [1.82, 2.24) is 19.5 Å². The van der Waals surface area contributed by atoms with Gasteiger partial charge in [-0.05, 0) is 37.6 Å². The topological polar surface area (TPSA) is 98.7 Å². The zero-order chi connectivity index (χ0) is 23.8. The lowest BCUT2D eigenvalue weighted by atomic mass is 9.83. The molecule has 0 aliphatic heterocycles. The summed E-state index contributed by atoms with van der Waals surface area (Å²) >= 11 is 12.5. The molecule has 2 unspecified atom stereocenters. The zero-order valence-corrected chi connectivity index (χ0v) is 20.0. The second-order valence-electron chi connectivity index (χ2n) is 8.13. The molecule has 3 N–H and O–H groups in total. The monoisotopic (exact) mass is 482 g/mol. The van der Waals surface area contributed by atoms with E-state index in [1.54, 1.807) is 28.8 Å². The Hall–Kier alpha value is -3.16. The molecule has 0 aliphatic carbocycles. The molecular formula is C24H24Cl2N6O. The number of anilines is 2. The molecule has 0 saturated carbocycles. The average molecular weight is 483 g/mol. The molecule has 2 atom stereocenters. The van der Waals surface area contributed by atoms with E-state index in [0.29, 0.717) is 39.7 Å². The molecule has 0 amide bonds. The fourth-order valence-electron chi connectivity index (χ4n) is 3.90. The van der Waals surface area contributed by atoms with Gasteiger partial charge in [0.1, 0.15) is 16.8 Å². The number of halogens is 2. The van der Waals surface area contributed by atoms with E-state index in [1.807, 2.05) is 44.2 Å². The van der Waals surface area contributed by atoms with Crippen LogP contribution in [0.4, 0.5) is 11.8 Å². The first kappa shape index (κ1) is 23.0. The van der Waals surface area contributed by atoms with Crippen molar-refractivity contribution in [2.24, 2.45) is 0 Å². The highest BCUT2D eigenvalue weighted by atomic mass is 35.5. The third-order valence-corrected chi connectivity index (χ3v) is 6.60. The maximum absolute atomic E-state index is 13.7. The smallest absolute Gasteiger partial charge is 0.267 e. The van der Waals surface area contributed by atoms with Gasteiger partial charge in [-0.1, -0.05) is 61.3 Å². The molecule has 2 aromatic carbocycles. The molecule has 0 spiro atoms. The van der Waals surface area contributed by atoms with Crippen molar-refractivity contribution < 1.29 is 0 Å². The van der Waals surface area contributed by atoms with E-state index >= 15 is 0 Å². The lowest BCUT2D eigenvalue weighted by molar-refractivity contribution is 0.398. The zero-order valence-electron chi connectivity index (χ0n) is 18.5. The van der Waals surface area contributed by atoms with E-state index in [1.165, 1.54) is 0 Å². The lowest BCUT2D eigenvalue weighted by Gasteiger charge is -2.37. The van der Waals surface area contributed by atoms with Crippen LogP contribution in [0.15, 0.2) is 59.4 Å². The Morgan fingerprint density at radius 3 is 2.48 bits per heavy atom.